The average Bonchev–Trinajstić information content (AvgIpc) is 2.29. The molecule has 0 saturated carbocycles. The molecule has 1 unspecified atom stereocenters. The normalized spacial score (nSPS) is 14.1. The van der Waals surface area contributed by atoms with Gasteiger partial charge in [-0.05, 0) is 31.9 Å². The molecule has 0 aliphatic heterocycles. The number of aryl methyl sites for hydroxylation is 1. The number of carbonyl (C=O) groups excluding carboxylic acids is 1. The van der Waals surface area contributed by atoms with E-state index in [-0.39, 0.29) is 17.9 Å². The molecular weight excluding hydrogens is 212 g/mol. The first-order chi connectivity index (χ1) is 8.02. The van der Waals surface area contributed by atoms with Crippen LogP contribution in [0.5, 0.6) is 0 Å². The highest BCUT2D eigenvalue weighted by Crippen LogP contribution is 2.13. The maximum Gasteiger partial charge on any atom is 0.220 e. The molecule has 2 atom stereocenters. The van der Waals surface area contributed by atoms with Crippen molar-refractivity contribution < 1.29 is 4.79 Å². The van der Waals surface area contributed by atoms with Crippen LogP contribution in [0.3, 0.4) is 0 Å². The Morgan fingerprint density at radius 1 is 1.29 bits per heavy atom. The molecule has 0 saturated heterocycles. The van der Waals surface area contributed by atoms with Gasteiger partial charge in [0.15, 0.2) is 0 Å². The number of nitrogens with two attached hydrogens (primary N) is 1. The lowest BCUT2D eigenvalue weighted by atomic mass is 10.0. The summed E-state index contributed by atoms with van der Waals surface area (Å²) in [6, 6.07) is 8.26. The third kappa shape index (κ3) is 4.57. The summed E-state index contributed by atoms with van der Waals surface area (Å²) < 4.78 is 0. The Morgan fingerprint density at radius 3 is 2.41 bits per heavy atom. The van der Waals surface area contributed by atoms with E-state index >= 15 is 0 Å². The van der Waals surface area contributed by atoms with Gasteiger partial charge in [-0.15, -0.1) is 0 Å². The van der Waals surface area contributed by atoms with E-state index < -0.39 is 0 Å². The molecule has 0 spiro atoms. The maximum atomic E-state index is 11.7. The molecule has 0 aliphatic rings. The molecule has 17 heavy (non-hydrogen) atoms. The second-order valence-corrected chi connectivity index (χ2v) is 4.74. The minimum absolute atomic E-state index is 0.0491. The molecule has 3 heteroatoms. The van der Waals surface area contributed by atoms with E-state index in [1.165, 1.54) is 5.56 Å². The van der Waals surface area contributed by atoms with Crippen LogP contribution >= 0.6 is 0 Å². The van der Waals surface area contributed by atoms with Gasteiger partial charge in [0, 0.05) is 6.42 Å². The van der Waals surface area contributed by atoms with Gasteiger partial charge in [0.05, 0.1) is 6.04 Å². The lowest BCUT2D eigenvalue weighted by Gasteiger charge is -2.16. The van der Waals surface area contributed by atoms with Gasteiger partial charge in [0.25, 0.3) is 0 Å². The third-order valence-electron chi connectivity index (χ3n) is 2.89. The smallest absolute Gasteiger partial charge is 0.220 e. The molecule has 0 bridgehead atoms. The second-order valence-electron chi connectivity index (χ2n) is 4.74. The maximum absolute atomic E-state index is 11.7. The van der Waals surface area contributed by atoms with Crippen LogP contribution in [0.1, 0.15) is 37.4 Å². The number of benzene rings is 1. The highest BCUT2D eigenvalue weighted by Gasteiger charge is 2.11. The van der Waals surface area contributed by atoms with Crippen LogP contribution < -0.4 is 11.1 Å². The summed E-state index contributed by atoms with van der Waals surface area (Å²) in [5.41, 5.74) is 7.85. The van der Waals surface area contributed by atoms with Gasteiger partial charge in [-0.1, -0.05) is 36.8 Å². The summed E-state index contributed by atoms with van der Waals surface area (Å²) in [4.78, 5) is 11.7. The van der Waals surface area contributed by atoms with Gasteiger partial charge in [0.2, 0.25) is 5.91 Å². The van der Waals surface area contributed by atoms with Crippen LogP contribution in [0.15, 0.2) is 24.3 Å². The van der Waals surface area contributed by atoms with Crippen LogP contribution in [0.4, 0.5) is 0 Å². The third-order valence-corrected chi connectivity index (χ3v) is 2.89. The molecule has 3 nitrogen and oxygen atoms in total. The number of rotatable bonds is 5. The molecule has 0 radical (unpaired) electrons. The predicted molar refractivity (Wildman–Crippen MR) is 70.6 cm³/mol. The second kappa shape index (κ2) is 6.40. The fourth-order valence-electron chi connectivity index (χ4n) is 1.64. The first-order valence-corrected chi connectivity index (χ1v) is 6.09. The van der Waals surface area contributed by atoms with Crippen molar-refractivity contribution in [2.24, 2.45) is 11.7 Å². The predicted octanol–water partition coefficient (Wildman–Crippen LogP) is 2.16. The van der Waals surface area contributed by atoms with E-state index in [0.29, 0.717) is 13.0 Å². The first kappa shape index (κ1) is 13.7. The molecular formula is C14H22N2O. The zero-order valence-corrected chi connectivity index (χ0v) is 10.9. The number of hydrogen-bond acceptors (Lipinski definition) is 2. The van der Waals surface area contributed by atoms with Gasteiger partial charge in [-0.3, -0.25) is 4.79 Å². The monoisotopic (exact) mass is 234 g/mol. The molecule has 1 amide bonds. The summed E-state index contributed by atoms with van der Waals surface area (Å²) in [5, 5.41) is 2.99. The topological polar surface area (TPSA) is 55.1 Å². The van der Waals surface area contributed by atoms with E-state index in [1.54, 1.807) is 0 Å². The van der Waals surface area contributed by atoms with E-state index in [2.05, 4.69) is 24.4 Å². The van der Waals surface area contributed by atoms with Crippen molar-refractivity contribution in [3.63, 3.8) is 0 Å². The van der Waals surface area contributed by atoms with Gasteiger partial charge < -0.3 is 11.1 Å². The van der Waals surface area contributed by atoms with E-state index in [4.69, 9.17) is 5.73 Å². The molecule has 1 aromatic carbocycles. The SMILES string of the molecule is Cc1ccc([C@@H](C)NC(=O)CC(C)CN)cc1. The van der Waals surface area contributed by atoms with Crippen molar-refractivity contribution in [3.05, 3.63) is 35.4 Å². The molecule has 1 aromatic rings. The van der Waals surface area contributed by atoms with Crippen LogP contribution in [-0.2, 0) is 4.79 Å². The minimum atomic E-state index is 0.0491. The van der Waals surface area contributed by atoms with Gasteiger partial charge in [-0.25, -0.2) is 0 Å². The minimum Gasteiger partial charge on any atom is -0.350 e. The number of carbonyl (C=O) groups is 1. The van der Waals surface area contributed by atoms with Crippen LogP contribution in [0, 0.1) is 12.8 Å². The Hall–Kier alpha value is -1.35. The largest absolute Gasteiger partial charge is 0.350 e. The number of hydrogen-bond donors (Lipinski definition) is 2. The summed E-state index contributed by atoms with van der Waals surface area (Å²) in [7, 11) is 0. The van der Waals surface area contributed by atoms with Crippen LogP contribution in [0.25, 0.3) is 0 Å². The van der Waals surface area contributed by atoms with Crippen LogP contribution in [-0.4, -0.2) is 12.5 Å². The van der Waals surface area contributed by atoms with E-state index in [1.807, 2.05) is 26.0 Å². The van der Waals surface area contributed by atoms with Crippen molar-refractivity contribution in [1.82, 2.24) is 5.32 Å². The molecule has 0 heterocycles. The summed E-state index contributed by atoms with van der Waals surface area (Å²) in [5.74, 6) is 0.302. The van der Waals surface area contributed by atoms with Gasteiger partial charge in [0.1, 0.15) is 0 Å². The quantitative estimate of drug-likeness (QED) is 0.820. The zero-order chi connectivity index (χ0) is 12.8. The van der Waals surface area contributed by atoms with Crippen molar-refractivity contribution in [2.45, 2.75) is 33.2 Å². The molecule has 0 aliphatic carbocycles. The number of amides is 1. The summed E-state index contributed by atoms with van der Waals surface area (Å²) in [6.45, 7) is 6.58. The Balaban J connectivity index is 2.51. The lowest BCUT2D eigenvalue weighted by molar-refractivity contribution is -0.122. The Bertz CT molecular complexity index is 359. The molecule has 1 rings (SSSR count). The van der Waals surface area contributed by atoms with Crippen LogP contribution in [0.2, 0.25) is 0 Å². The van der Waals surface area contributed by atoms with Gasteiger partial charge >= 0.3 is 0 Å². The lowest BCUT2D eigenvalue weighted by Crippen LogP contribution is -2.29. The molecule has 3 N–H and O–H groups in total. The Labute approximate surface area is 103 Å². The number of nitrogens with one attached hydrogen (secondary N) is 1. The molecule has 94 valence electrons. The van der Waals surface area contributed by atoms with E-state index in [9.17, 15) is 4.79 Å². The average molecular weight is 234 g/mol. The highest BCUT2D eigenvalue weighted by molar-refractivity contribution is 5.76. The first-order valence-electron chi connectivity index (χ1n) is 6.09. The summed E-state index contributed by atoms with van der Waals surface area (Å²) >= 11 is 0. The fraction of sp³-hybridized carbons (Fsp3) is 0.500. The van der Waals surface area contributed by atoms with E-state index in [0.717, 1.165) is 5.56 Å². The zero-order valence-electron chi connectivity index (χ0n) is 10.9. The standard InChI is InChI=1S/C14H22N2O/c1-10-4-6-13(7-5-10)12(3)16-14(17)8-11(2)9-15/h4-7,11-12H,8-9,15H2,1-3H3,(H,16,17)/t11?,12-/m1/s1. The van der Waals surface area contributed by atoms with Crippen molar-refractivity contribution in [3.8, 4) is 0 Å². The van der Waals surface area contributed by atoms with Gasteiger partial charge in [-0.2, -0.15) is 0 Å². The fourth-order valence-corrected chi connectivity index (χ4v) is 1.64. The van der Waals surface area contributed by atoms with Crippen molar-refractivity contribution in [2.75, 3.05) is 6.54 Å². The van der Waals surface area contributed by atoms with Crippen molar-refractivity contribution >= 4 is 5.91 Å². The molecule has 0 aromatic heterocycles. The highest BCUT2D eigenvalue weighted by atomic mass is 16.1. The molecule has 0 fully saturated rings. The Morgan fingerprint density at radius 2 is 1.88 bits per heavy atom. The Kier molecular flexibility index (Phi) is 5.16. The summed E-state index contributed by atoms with van der Waals surface area (Å²) in [6.07, 6.45) is 0.493. The van der Waals surface area contributed by atoms with Crippen molar-refractivity contribution in [1.29, 1.82) is 0 Å².